The van der Waals surface area contributed by atoms with Crippen LogP contribution in [0, 0.1) is 5.82 Å². The molecule has 1 aliphatic heterocycles. The molecular formula is C19H22FN3O4. The third-order valence-electron chi connectivity index (χ3n) is 4.13. The van der Waals surface area contributed by atoms with Gasteiger partial charge in [0.2, 0.25) is 0 Å². The topological polar surface area (TPSA) is 94.0 Å². The number of carbonyl (C=O) groups is 2. The molecule has 8 heteroatoms. The minimum atomic E-state index is -1.82. The lowest BCUT2D eigenvalue weighted by atomic mass is 10.1. The number of piperazine rings is 1. The Balaban J connectivity index is 0.000000380. The van der Waals surface area contributed by atoms with E-state index in [4.69, 9.17) is 19.8 Å². The number of aromatic nitrogens is 1. The largest absolute Gasteiger partial charge is 0.473 e. The van der Waals surface area contributed by atoms with E-state index in [0.717, 1.165) is 38.3 Å². The van der Waals surface area contributed by atoms with Crippen molar-refractivity contribution in [1.82, 2.24) is 14.8 Å². The zero-order valence-corrected chi connectivity index (χ0v) is 14.8. The molecule has 1 aromatic carbocycles. The van der Waals surface area contributed by atoms with Gasteiger partial charge < -0.3 is 10.2 Å². The molecule has 0 spiro atoms. The van der Waals surface area contributed by atoms with Crippen LogP contribution in [0.25, 0.3) is 0 Å². The van der Waals surface area contributed by atoms with Gasteiger partial charge in [0.25, 0.3) is 0 Å². The number of pyridine rings is 1. The number of aliphatic carboxylic acids is 2. The summed E-state index contributed by atoms with van der Waals surface area (Å²) >= 11 is 0. The number of carboxylic acids is 2. The van der Waals surface area contributed by atoms with Crippen LogP contribution in [0.2, 0.25) is 0 Å². The molecular weight excluding hydrogens is 353 g/mol. The Morgan fingerprint density at radius 3 is 2.04 bits per heavy atom. The minimum absolute atomic E-state index is 0.102. The summed E-state index contributed by atoms with van der Waals surface area (Å²) in [5, 5.41) is 14.8. The summed E-state index contributed by atoms with van der Waals surface area (Å²) in [6.45, 7) is 5.64. The molecule has 7 nitrogen and oxygen atoms in total. The van der Waals surface area contributed by atoms with Crippen LogP contribution in [0.15, 0.2) is 48.8 Å². The normalized spacial score (nSPS) is 14.9. The Morgan fingerprint density at radius 1 is 0.926 bits per heavy atom. The zero-order chi connectivity index (χ0) is 19.6. The maximum Gasteiger partial charge on any atom is 0.414 e. The Hall–Kier alpha value is -2.84. The Kier molecular flexibility index (Phi) is 7.84. The van der Waals surface area contributed by atoms with Gasteiger partial charge in [0.05, 0.1) is 0 Å². The van der Waals surface area contributed by atoms with E-state index in [-0.39, 0.29) is 5.82 Å². The quantitative estimate of drug-likeness (QED) is 0.786. The van der Waals surface area contributed by atoms with Crippen molar-refractivity contribution in [3.63, 3.8) is 0 Å². The van der Waals surface area contributed by atoms with Crippen LogP contribution in [0.5, 0.6) is 0 Å². The zero-order valence-electron chi connectivity index (χ0n) is 14.8. The third kappa shape index (κ3) is 7.12. The number of hydrogen-bond acceptors (Lipinski definition) is 5. The molecule has 3 rings (SSSR count). The van der Waals surface area contributed by atoms with Gasteiger partial charge in [-0.2, -0.15) is 0 Å². The molecule has 2 heterocycles. The highest BCUT2D eigenvalue weighted by Gasteiger charge is 2.18. The number of rotatable bonds is 4. The average molecular weight is 375 g/mol. The third-order valence-corrected chi connectivity index (χ3v) is 4.13. The van der Waals surface area contributed by atoms with Crippen molar-refractivity contribution < 1.29 is 24.2 Å². The molecule has 0 amide bonds. The molecule has 2 N–H and O–H groups in total. The number of benzene rings is 1. The monoisotopic (exact) mass is 375 g/mol. The van der Waals surface area contributed by atoms with Gasteiger partial charge >= 0.3 is 11.9 Å². The van der Waals surface area contributed by atoms with Gasteiger partial charge in [-0.3, -0.25) is 14.8 Å². The predicted octanol–water partition coefficient (Wildman–Crippen LogP) is 1.69. The van der Waals surface area contributed by atoms with Crippen molar-refractivity contribution in [3.05, 3.63) is 65.7 Å². The number of carboxylic acid groups (broad SMARTS) is 2. The second-order valence-electron chi connectivity index (χ2n) is 6.12. The highest BCUT2D eigenvalue weighted by atomic mass is 19.1. The molecule has 0 bridgehead atoms. The summed E-state index contributed by atoms with van der Waals surface area (Å²) in [6.07, 6.45) is 3.72. The van der Waals surface area contributed by atoms with Gasteiger partial charge in [-0.25, -0.2) is 14.0 Å². The molecule has 1 saturated heterocycles. The fraction of sp³-hybridized carbons (Fsp3) is 0.316. The van der Waals surface area contributed by atoms with Crippen molar-refractivity contribution >= 4 is 11.9 Å². The summed E-state index contributed by atoms with van der Waals surface area (Å²) in [4.78, 5) is 27.1. The van der Waals surface area contributed by atoms with Crippen LogP contribution in [-0.4, -0.2) is 63.1 Å². The predicted molar refractivity (Wildman–Crippen MR) is 96.5 cm³/mol. The lowest BCUT2D eigenvalue weighted by Crippen LogP contribution is -2.45. The van der Waals surface area contributed by atoms with Crippen molar-refractivity contribution in [2.24, 2.45) is 0 Å². The summed E-state index contributed by atoms with van der Waals surface area (Å²) in [7, 11) is 0. The van der Waals surface area contributed by atoms with Crippen molar-refractivity contribution in [2.75, 3.05) is 26.2 Å². The molecule has 144 valence electrons. The first-order valence-electron chi connectivity index (χ1n) is 8.49. The van der Waals surface area contributed by atoms with Crippen LogP contribution in [0.3, 0.4) is 0 Å². The summed E-state index contributed by atoms with van der Waals surface area (Å²) in [5.74, 6) is -3.75. The summed E-state index contributed by atoms with van der Waals surface area (Å²) in [6, 6.07) is 11.1. The summed E-state index contributed by atoms with van der Waals surface area (Å²) < 4.78 is 13.7. The average Bonchev–Trinajstić information content (AvgIpc) is 2.66. The lowest BCUT2D eigenvalue weighted by Gasteiger charge is -2.34. The fourth-order valence-corrected chi connectivity index (χ4v) is 2.72. The first kappa shape index (κ1) is 20.5. The highest BCUT2D eigenvalue weighted by molar-refractivity contribution is 6.27. The minimum Gasteiger partial charge on any atom is -0.473 e. The Morgan fingerprint density at radius 2 is 1.52 bits per heavy atom. The van der Waals surface area contributed by atoms with Crippen LogP contribution >= 0.6 is 0 Å². The first-order chi connectivity index (χ1) is 13.0. The van der Waals surface area contributed by atoms with E-state index in [1.807, 2.05) is 24.4 Å². The van der Waals surface area contributed by atoms with Gasteiger partial charge in [-0.05, 0) is 17.7 Å². The SMILES string of the molecule is Fc1ccccc1CN1CCN(Cc2cccnc2)CC1.O=C(O)C(=O)O. The van der Waals surface area contributed by atoms with E-state index >= 15 is 0 Å². The Labute approximate surface area is 156 Å². The smallest absolute Gasteiger partial charge is 0.414 e. The van der Waals surface area contributed by atoms with Crippen LogP contribution in [0.1, 0.15) is 11.1 Å². The van der Waals surface area contributed by atoms with Gasteiger partial charge in [-0.1, -0.05) is 24.3 Å². The first-order valence-corrected chi connectivity index (χ1v) is 8.49. The van der Waals surface area contributed by atoms with Crippen molar-refractivity contribution in [1.29, 1.82) is 0 Å². The molecule has 0 saturated carbocycles. The van der Waals surface area contributed by atoms with Gasteiger partial charge in [-0.15, -0.1) is 0 Å². The Bertz CT molecular complexity index is 738. The number of nitrogens with zero attached hydrogens (tertiary/aromatic N) is 3. The number of halogens is 1. The second-order valence-corrected chi connectivity index (χ2v) is 6.12. The lowest BCUT2D eigenvalue weighted by molar-refractivity contribution is -0.159. The van der Waals surface area contributed by atoms with Gasteiger partial charge in [0.15, 0.2) is 0 Å². The van der Waals surface area contributed by atoms with Gasteiger partial charge in [0.1, 0.15) is 5.82 Å². The second kappa shape index (κ2) is 10.3. The van der Waals surface area contributed by atoms with Crippen LogP contribution in [-0.2, 0) is 22.7 Å². The standard InChI is InChI=1S/C17H20FN3.C2H2O4/c18-17-6-2-1-5-16(17)14-21-10-8-20(9-11-21)13-15-4-3-7-19-12-15;3-1(4)2(5)6/h1-7,12H,8-11,13-14H2;(H,3,4)(H,5,6). The molecule has 0 unspecified atom stereocenters. The van der Waals surface area contributed by atoms with E-state index in [2.05, 4.69) is 20.9 Å². The number of hydrogen-bond donors (Lipinski definition) is 2. The van der Waals surface area contributed by atoms with Crippen molar-refractivity contribution in [3.8, 4) is 0 Å². The molecule has 27 heavy (non-hydrogen) atoms. The van der Waals surface area contributed by atoms with Crippen LogP contribution in [0.4, 0.5) is 4.39 Å². The van der Waals surface area contributed by atoms with E-state index in [0.29, 0.717) is 6.54 Å². The maximum atomic E-state index is 13.7. The van der Waals surface area contributed by atoms with E-state index in [1.54, 1.807) is 12.3 Å². The molecule has 1 aliphatic rings. The van der Waals surface area contributed by atoms with Crippen molar-refractivity contribution in [2.45, 2.75) is 13.1 Å². The summed E-state index contributed by atoms with van der Waals surface area (Å²) in [5.41, 5.74) is 2.04. The van der Waals surface area contributed by atoms with Crippen LogP contribution < -0.4 is 0 Å². The molecule has 1 fully saturated rings. The fourth-order valence-electron chi connectivity index (χ4n) is 2.72. The molecule has 0 atom stereocenters. The van der Waals surface area contributed by atoms with E-state index in [1.165, 1.54) is 11.6 Å². The maximum absolute atomic E-state index is 13.7. The molecule has 0 aliphatic carbocycles. The van der Waals surface area contributed by atoms with E-state index in [9.17, 15) is 4.39 Å². The molecule has 1 aromatic heterocycles. The molecule has 2 aromatic rings. The van der Waals surface area contributed by atoms with Gasteiger partial charge in [0, 0.05) is 57.2 Å². The van der Waals surface area contributed by atoms with E-state index < -0.39 is 11.9 Å². The molecule has 0 radical (unpaired) electrons. The highest BCUT2D eigenvalue weighted by Crippen LogP contribution is 2.13.